The molecule has 0 saturated carbocycles. The minimum Gasteiger partial charge on any atom is -0.363 e. The summed E-state index contributed by atoms with van der Waals surface area (Å²) >= 11 is 0. The number of nitro benzene ring substituents is 1. The fraction of sp³-hybridized carbons (Fsp3) is 0.292. The van der Waals surface area contributed by atoms with Gasteiger partial charge in [0.15, 0.2) is 0 Å². The summed E-state index contributed by atoms with van der Waals surface area (Å²) in [4.78, 5) is 36.9. The molecule has 2 heterocycles. The van der Waals surface area contributed by atoms with E-state index < -0.39 is 10.8 Å². The first-order chi connectivity index (χ1) is 16.3. The van der Waals surface area contributed by atoms with Crippen LogP contribution in [0.1, 0.15) is 21.7 Å². The third-order valence-electron chi connectivity index (χ3n) is 5.66. The SMILES string of the molecule is Cc1cc(C)nc(Nc2ccc(NC(=O)c3ccc(N4CCN(C)CC4)c([N+](=O)[O-])c3)cc2)n1. The molecule has 0 radical (unpaired) electrons. The molecular weight excluding hydrogens is 434 g/mol. The van der Waals surface area contributed by atoms with E-state index in [1.807, 2.05) is 31.9 Å². The predicted octanol–water partition coefficient (Wildman–Crippen LogP) is 3.75. The lowest BCUT2D eigenvalue weighted by molar-refractivity contribution is -0.384. The minimum atomic E-state index is -0.431. The van der Waals surface area contributed by atoms with E-state index in [-0.39, 0.29) is 11.3 Å². The Balaban J connectivity index is 1.45. The van der Waals surface area contributed by atoms with Crippen molar-refractivity contribution in [3.63, 3.8) is 0 Å². The highest BCUT2D eigenvalue weighted by atomic mass is 16.6. The van der Waals surface area contributed by atoms with E-state index in [4.69, 9.17) is 0 Å². The van der Waals surface area contributed by atoms with E-state index in [0.717, 1.165) is 30.2 Å². The van der Waals surface area contributed by atoms with Gasteiger partial charge in [0, 0.05) is 60.6 Å². The van der Waals surface area contributed by atoms with E-state index in [1.54, 1.807) is 36.4 Å². The first-order valence-corrected chi connectivity index (χ1v) is 11.0. The number of nitro groups is 1. The fourth-order valence-electron chi connectivity index (χ4n) is 3.88. The fourth-order valence-corrected chi connectivity index (χ4v) is 3.88. The molecule has 2 aromatic carbocycles. The van der Waals surface area contributed by atoms with Crippen LogP contribution in [0.3, 0.4) is 0 Å². The topological polar surface area (TPSA) is 117 Å². The zero-order valence-electron chi connectivity index (χ0n) is 19.4. The molecular formula is C24H27N7O3. The predicted molar refractivity (Wildman–Crippen MR) is 132 cm³/mol. The van der Waals surface area contributed by atoms with Crippen LogP contribution in [0.25, 0.3) is 0 Å². The number of anilines is 4. The zero-order chi connectivity index (χ0) is 24.2. The lowest BCUT2D eigenvalue weighted by Crippen LogP contribution is -2.44. The number of aromatic nitrogens is 2. The summed E-state index contributed by atoms with van der Waals surface area (Å²) in [6.45, 7) is 6.88. The lowest BCUT2D eigenvalue weighted by atomic mass is 10.1. The maximum atomic E-state index is 12.8. The summed E-state index contributed by atoms with van der Waals surface area (Å²) in [6.07, 6.45) is 0. The summed E-state index contributed by atoms with van der Waals surface area (Å²) in [5.74, 6) is 0.0911. The number of hydrogen-bond donors (Lipinski definition) is 2. The molecule has 4 rings (SSSR count). The summed E-state index contributed by atoms with van der Waals surface area (Å²) < 4.78 is 0. The van der Waals surface area contributed by atoms with Gasteiger partial charge in [-0.15, -0.1) is 0 Å². The van der Waals surface area contributed by atoms with Gasteiger partial charge in [0.25, 0.3) is 11.6 Å². The van der Waals surface area contributed by atoms with Crippen molar-refractivity contribution in [2.24, 2.45) is 0 Å². The quantitative estimate of drug-likeness (QED) is 0.421. The average molecular weight is 462 g/mol. The molecule has 1 aromatic heterocycles. The van der Waals surface area contributed by atoms with Crippen LogP contribution in [-0.2, 0) is 0 Å². The number of rotatable bonds is 6. The largest absolute Gasteiger partial charge is 0.363 e. The van der Waals surface area contributed by atoms with Crippen LogP contribution in [0.2, 0.25) is 0 Å². The van der Waals surface area contributed by atoms with Crippen molar-refractivity contribution >= 4 is 34.6 Å². The second-order valence-corrected chi connectivity index (χ2v) is 8.38. The molecule has 0 unspecified atom stereocenters. The summed E-state index contributed by atoms with van der Waals surface area (Å²) in [5, 5.41) is 17.6. The number of amides is 1. The maximum absolute atomic E-state index is 12.8. The molecule has 0 atom stereocenters. The van der Waals surface area contributed by atoms with Gasteiger partial charge in [0.2, 0.25) is 5.95 Å². The second kappa shape index (κ2) is 9.84. The van der Waals surface area contributed by atoms with Crippen LogP contribution in [0.15, 0.2) is 48.5 Å². The highest BCUT2D eigenvalue weighted by molar-refractivity contribution is 6.05. The van der Waals surface area contributed by atoms with Crippen molar-refractivity contribution in [2.45, 2.75) is 13.8 Å². The number of piperazine rings is 1. The number of nitrogens with one attached hydrogen (secondary N) is 2. The van der Waals surface area contributed by atoms with Gasteiger partial charge in [-0.1, -0.05) is 0 Å². The van der Waals surface area contributed by atoms with Gasteiger partial charge in [-0.2, -0.15) is 0 Å². The van der Waals surface area contributed by atoms with Crippen molar-refractivity contribution in [3.05, 3.63) is 75.6 Å². The number of likely N-dealkylation sites (N-methyl/N-ethyl adjacent to an activating group) is 1. The molecule has 1 aliphatic heterocycles. The number of hydrogen-bond acceptors (Lipinski definition) is 8. The van der Waals surface area contributed by atoms with Gasteiger partial charge in [0.1, 0.15) is 5.69 Å². The first-order valence-electron chi connectivity index (χ1n) is 11.0. The van der Waals surface area contributed by atoms with Gasteiger partial charge >= 0.3 is 0 Å². The van der Waals surface area contributed by atoms with E-state index in [2.05, 4.69) is 25.5 Å². The second-order valence-electron chi connectivity index (χ2n) is 8.38. The Hall–Kier alpha value is -4.05. The number of benzene rings is 2. The van der Waals surface area contributed by atoms with Gasteiger partial charge in [-0.25, -0.2) is 9.97 Å². The monoisotopic (exact) mass is 461 g/mol. The Labute approximate surface area is 197 Å². The highest BCUT2D eigenvalue weighted by Gasteiger charge is 2.24. The van der Waals surface area contributed by atoms with Gasteiger partial charge in [-0.3, -0.25) is 14.9 Å². The van der Waals surface area contributed by atoms with E-state index in [0.29, 0.717) is 30.4 Å². The van der Waals surface area contributed by atoms with Crippen molar-refractivity contribution in [2.75, 3.05) is 48.8 Å². The molecule has 0 bridgehead atoms. The molecule has 10 nitrogen and oxygen atoms in total. The standard InChI is InChI=1S/C24H27N7O3/c1-16-14-17(2)26-24(25-16)28-20-7-5-19(6-8-20)27-23(32)18-4-9-21(22(15-18)31(33)34)30-12-10-29(3)11-13-30/h4-9,14-15H,10-13H2,1-3H3,(H,27,32)(H,25,26,28). The van der Waals surface area contributed by atoms with Crippen LogP contribution in [-0.4, -0.2) is 58.9 Å². The van der Waals surface area contributed by atoms with Gasteiger partial charge < -0.3 is 20.4 Å². The highest BCUT2D eigenvalue weighted by Crippen LogP contribution is 2.30. The van der Waals surface area contributed by atoms with Crippen LogP contribution < -0.4 is 15.5 Å². The molecule has 1 aliphatic rings. The lowest BCUT2D eigenvalue weighted by Gasteiger charge is -2.33. The molecule has 1 saturated heterocycles. The Morgan fingerprint density at radius 3 is 2.18 bits per heavy atom. The molecule has 1 fully saturated rings. The number of aryl methyl sites for hydroxylation is 2. The minimum absolute atomic E-state index is 0.0646. The molecule has 0 spiro atoms. The van der Waals surface area contributed by atoms with Crippen molar-refractivity contribution in [1.82, 2.24) is 14.9 Å². The summed E-state index contributed by atoms with van der Waals surface area (Å²) in [5.41, 5.74) is 3.79. The normalized spacial score (nSPS) is 14.0. The molecule has 10 heteroatoms. The maximum Gasteiger partial charge on any atom is 0.293 e. The summed E-state index contributed by atoms with van der Waals surface area (Å²) in [7, 11) is 2.03. The Morgan fingerprint density at radius 2 is 1.56 bits per heavy atom. The number of carbonyl (C=O) groups excluding carboxylic acids is 1. The third-order valence-corrected chi connectivity index (χ3v) is 5.66. The van der Waals surface area contributed by atoms with Crippen molar-refractivity contribution in [1.29, 1.82) is 0 Å². The molecule has 0 aliphatic carbocycles. The molecule has 3 aromatic rings. The Morgan fingerprint density at radius 1 is 0.941 bits per heavy atom. The van der Waals surface area contributed by atoms with Crippen LogP contribution >= 0.6 is 0 Å². The smallest absolute Gasteiger partial charge is 0.293 e. The van der Waals surface area contributed by atoms with Gasteiger partial charge in [-0.05, 0) is 63.4 Å². The van der Waals surface area contributed by atoms with Crippen LogP contribution in [0.4, 0.5) is 28.7 Å². The van der Waals surface area contributed by atoms with Crippen molar-refractivity contribution < 1.29 is 9.72 Å². The summed E-state index contributed by atoms with van der Waals surface area (Å²) in [6, 6.07) is 13.6. The van der Waals surface area contributed by atoms with Crippen molar-refractivity contribution in [3.8, 4) is 0 Å². The molecule has 2 N–H and O–H groups in total. The van der Waals surface area contributed by atoms with Crippen LogP contribution in [0, 0.1) is 24.0 Å². The molecule has 1 amide bonds. The van der Waals surface area contributed by atoms with E-state index >= 15 is 0 Å². The Kier molecular flexibility index (Phi) is 6.69. The first kappa shape index (κ1) is 23.1. The Bertz CT molecular complexity index is 1190. The van der Waals surface area contributed by atoms with E-state index in [1.165, 1.54) is 6.07 Å². The van der Waals surface area contributed by atoms with Gasteiger partial charge in [0.05, 0.1) is 4.92 Å². The number of nitrogens with zero attached hydrogens (tertiary/aromatic N) is 5. The zero-order valence-corrected chi connectivity index (χ0v) is 19.4. The van der Waals surface area contributed by atoms with Crippen LogP contribution in [0.5, 0.6) is 0 Å². The average Bonchev–Trinajstić information content (AvgIpc) is 2.80. The third kappa shape index (κ3) is 5.46. The molecule has 34 heavy (non-hydrogen) atoms. The number of carbonyl (C=O) groups is 1. The molecule has 176 valence electrons. The van der Waals surface area contributed by atoms with E-state index in [9.17, 15) is 14.9 Å².